The molecule has 2 aliphatic rings. The summed E-state index contributed by atoms with van der Waals surface area (Å²) in [5.41, 5.74) is 0. The SMILES string of the molecule is CCNC(=NCCCCOc1ccccc1)NC1CC2CCC1O2. The van der Waals surface area contributed by atoms with Gasteiger partial charge < -0.3 is 20.1 Å². The third-order valence-corrected chi connectivity index (χ3v) is 4.61. The maximum Gasteiger partial charge on any atom is 0.191 e. The summed E-state index contributed by atoms with van der Waals surface area (Å²) in [6.07, 6.45) is 6.38. The van der Waals surface area contributed by atoms with Crippen LogP contribution in [0, 0.1) is 0 Å². The zero-order valence-electron chi connectivity index (χ0n) is 14.5. The second kappa shape index (κ2) is 8.92. The first-order valence-electron chi connectivity index (χ1n) is 9.23. The zero-order valence-corrected chi connectivity index (χ0v) is 14.5. The van der Waals surface area contributed by atoms with Crippen LogP contribution in [0.15, 0.2) is 35.3 Å². The molecule has 3 rings (SSSR count). The molecule has 2 N–H and O–H groups in total. The first-order valence-corrected chi connectivity index (χ1v) is 9.23. The van der Waals surface area contributed by atoms with Crippen LogP contribution < -0.4 is 15.4 Å². The molecule has 2 bridgehead atoms. The summed E-state index contributed by atoms with van der Waals surface area (Å²) in [5.74, 6) is 1.86. The molecule has 3 unspecified atom stereocenters. The molecule has 5 nitrogen and oxygen atoms in total. The molecule has 2 heterocycles. The Hall–Kier alpha value is -1.75. The number of hydrogen-bond donors (Lipinski definition) is 2. The highest BCUT2D eigenvalue weighted by molar-refractivity contribution is 5.80. The second-order valence-electron chi connectivity index (χ2n) is 6.49. The molecule has 2 saturated heterocycles. The van der Waals surface area contributed by atoms with Crippen LogP contribution in [0.5, 0.6) is 5.75 Å². The van der Waals surface area contributed by atoms with E-state index in [1.807, 2.05) is 30.3 Å². The Bertz CT molecular complexity index is 521. The normalized spacial score (nSPS) is 25.7. The first kappa shape index (κ1) is 17.1. The molecule has 2 fully saturated rings. The highest BCUT2D eigenvalue weighted by atomic mass is 16.5. The number of aliphatic imine (C=N–C) groups is 1. The minimum atomic E-state index is 0.373. The van der Waals surface area contributed by atoms with Crippen molar-refractivity contribution in [2.24, 2.45) is 4.99 Å². The monoisotopic (exact) mass is 331 g/mol. The van der Waals surface area contributed by atoms with Crippen LogP contribution in [-0.2, 0) is 4.74 Å². The standard InChI is InChI=1S/C19H29N3O2/c1-2-20-19(22-17-14-16-10-11-18(17)24-16)21-12-6-7-13-23-15-8-4-3-5-9-15/h3-5,8-9,16-18H,2,6-7,10-14H2,1H3,(H2,20,21,22). The van der Waals surface area contributed by atoms with Gasteiger partial charge in [-0.1, -0.05) is 18.2 Å². The van der Waals surface area contributed by atoms with E-state index < -0.39 is 0 Å². The molecule has 0 radical (unpaired) electrons. The Morgan fingerprint density at radius 1 is 1.25 bits per heavy atom. The third kappa shape index (κ3) is 4.87. The molecule has 0 spiro atoms. The molecule has 5 heteroatoms. The highest BCUT2D eigenvalue weighted by Gasteiger charge is 2.41. The Kier molecular flexibility index (Phi) is 6.35. The lowest BCUT2D eigenvalue weighted by Crippen LogP contribution is -2.47. The van der Waals surface area contributed by atoms with E-state index in [1.54, 1.807) is 0 Å². The van der Waals surface area contributed by atoms with Crippen molar-refractivity contribution in [3.63, 3.8) is 0 Å². The maximum atomic E-state index is 5.90. The summed E-state index contributed by atoms with van der Waals surface area (Å²) in [5, 5.41) is 6.89. The molecule has 0 aromatic heterocycles. The Morgan fingerprint density at radius 3 is 2.83 bits per heavy atom. The van der Waals surface area contributed by atoms with Gasteiger partial charge in [0.1, 0.15) is 5.75 Å². The van der Waals surface area contributed by atoms with Crippen molar-refractivity contribution in [3.05, 3.63) is 30.3 Å². The molecule has 2 aliphatic heterocycles. The van der Waals surface area contributed by atoms with Crippen molar-refractivity contribution < 1.29 is 9.47 Å². The summed E-state index contributed by atoms with van der Waals surface area (Å²) in [6, 6.07) is 10.4. The number of unbranched alkanes of at least 4 members (excludes halogenated alkanes) is 1. The third-order valence-electron chi connectivity index (χ3n) is 4.61. The van der Waals surface area contributed by atoms with Gasteiger partial charge >= 0.3 is 0 Å². The van der Waals surface area contributed by atoms with Crippen molar-refractivity contribution in [2.75, 3.05) is 19.7 Å². The van der Waals surface area contributed by atoms with Crippen LogP contribution in [0.2, 0.25) is 0 Å². The number of ether oxygens (including phenoxy) is 2. The Labute approximate surface area is 144 Å². The lowest BCUT2D eigenvalue weighted by atomic mass is 9.96. The quantitative estimate of drug-likeness (QED) is 0.437. The minimum Gasteiger partial charge on any atom is -0.494 e. The maximum absolute atomic E-state index is 5.90. The van der Waals surface area contributed by atoms with E-state index in [1.165, 1.54) is 12.8 Å². The van der Waals surface area contributed by atoms with E-state index >= 15 is 0 Å². The van der Waals surface area contributed by atoms with Crippen LogP contribution in [0.1, 0.15) is 39.0 Å². The average molecular weight is 331 g/mol. The second-order valence-corrected chi connectivity index (χ2v) is 6.49. The van der Waals surface area contributed by atoms with Crippen molar-refractivity contribution in [1.82, 2.24) is 10.6 Å². The van der Waals surface area contributed by atoms with Crippen LogP contribution in [0.25, 0.3) is 0 Å². The van der Waals surface area contributed by atoms with E-state index in [0.29, 0.717) is 18.2 Å². The molecule has 0 amide bonds. The number of fused-ring (bicyclic) bond motifs is 2. The summed E-state index contributed by atoms with van der Waals surface area (Å²) >= 11 is 0. The van der Waals surface area contributed by atoms with Crippen LogP contribution in [0.3, 0.4) is 0 Å². The van der Waals surface area contributed by atoms with E-state index in [9.17, 15) is 0 Å². The van der Waals surface area contributed by atoms with E-state index in [4.69, 9.17) is 9.47 Å². The van der Waals surface area contributed by atoms with Gasteiger partial charge in [-0.2, -0.15) is 0 Å². The fourth-order valence-electron chi connectivity index (χ4n) is 3.40. The van der Waals surface area contributed by atoms with Gasteiger partial charge in [-0.3, -0.25) is 4.99 Å². The van der Waals surface area contributed by atoms with Gasteiger partial charge in [0.05, 0.1) is 24.9 Å². The largest absolute Gasteiger partial charge is 0.494 e. The molecule has 132 valence electrons. The average Bonchev–Trinajstić information content (AvgIpc) is 3.22. The lowest BCUT2D eigenvalue weighted by Gasteiger charge is -2.22. The number of benzene rings is 1. The fourth-order valence-corrected chi connectivity index (χ4v) is 3.40. The predicted octanol–water partition coefficient (Wildman–Crippen LogP) is 2.72. The smallest absolute Gasteiger partial charge is 0.191 e. The van der Waals surface area contributed by atoms with E-state index in [2.05, 4.69) is 22.5 Å². The number of hydrogen-bond acceptors (Lipinski definition) is 3. The molecule has 0 saturated carbocycles. The van der Waals surface area contributed by atoms with Crippen molar-refractivity contribution in [3.8, 4) is 5.75 Å². The molecule has 24 heavy (non-hydrogen) atoms. The minimum absolute atomic E-state index is 0.373. The van der Waals surface area contributed by atoms with Crippen LogP contribution in [0.4, 0.5) is 0 Å². The Balaban J connectivity index is 1.35. The number of rotatable bonds is 8. The molecule has 1 aromatic carbocycles. The van der Waals surface area contributed by atoms with Gasteiger partial charge in [0.15, 0.2) is 5.96 Å². The lowest BCUT2D eigenvalue weighted by molar-refractivity contribution is 0.0992. The van der Waals surface area contributed by atoms with Gasteiger partial charge in [0.2, 0.25) is 0 Å². The summed E-state index contributed by atoms with van der Waals surface area (Å²) in [6.45, 7) is 4.53. The zero-order chi connectivity index (χ0) is 16.6. The summed E-state index contributed by atoms with van der Waals surface area (Å²) in [7, 11) is 0. The van der Waals surface area contributed by atoms with Crippen molar-refractivity contribution >= 4 is 5.96 Å². The molecular formula is C19H29N3O2. The van der Waals surface area contributed by atoms with Gasteiger partial charge in [0.25, 0.3) is 0 Å². The molecule has 0 aliphatic carbocycles. The number of guanidine groups is 1. The number of para-hydroxylation sites is 1. The topological polar surface area (TPSA) is 54.9 Å². The predicted molar refractivity (Wildman–Crippen MR) is 96.6 cm³/mol. The summed E-state index contributed by atoms with van der Waals surface area (Å²) < 4.78 is 11.6. The van der Waals surface area contributed by atoms with Crippen LogP contribution >= 0.6 is 0 Å². The van der Waals surface area contributed by atoms with Gasteiger partial charge in [0, 0.05) is 13.1 Å². The Morgan fingerprint density at radius 2 is 2.12 bits per heavy atom. The van der Waals surface area contributed by atoms with Crippen molar-refractivity contribution in [1.29, 1.82) is 0 Å². The van der Waals surface area contributed by atoms with Gasteiger partial charge in [-0.25, -0.2) is 0 Å². The van der Waals surface area contributed by atoms with E-state index in [-0.39, 0.29) is 0 Å². The fraction of sp³-hybridized carbons (Fsp3) is 0.632. The van der Waals surface area contributed by atoms with Crippen molar-refractivity contribution in [2.45, 2.75) is 57.3 Å². The first-order chi connectivity index (χ1) is 11.8. The highest BCUT2D eigenvalue weighted by Crippen LogP contribution is 2.34. The van der Waals surface area contributed by atoms with Gasteiger partial charge in [-0.15, -0.1) is 0 Å². The number of nitrogens with one attached hydrogen (secondary N) is 2. The number of nitrogens with zero attached hydrogens (tertiary/aromatic N) is 1. The van der Waals surface area contributed by atoms with E-state index in [0.717, 1.165) is 50.7 Å². The molecule has 3 atom stereocenters. The summed E-state index contributed by atoms with van der Waals surface area (Å²) in [4.78, 5) is 4.69. The van der Waals surface area contributed by atoms with Gasteiger partial charge in [-0.05, 0) is 51.2 Å². The van der Waals surface area contributed by atoms with Crippen LogP contribution in [-0.4, -0.2) is 43.9 Å². The molecular weight excluding hydrogens is 302 g/mol. The molecule has 1 aromatic rings.